The number of aromatic nitrogens is 4. The Labute approximate surface area is 182 Å². The molecule has 31 heavy (non-hydrogen) atoms. The van der Waals surface area contributed by atoms with Gasteiger partial charge in [-0.25, -0.2) is 18.4 Å². The van der Waals surface area contributed by atoms with Crippen LogP contribution in [-0.4, -0.2) is 33.7 Å². The first-order valence-electron chi connectivity index (χ1n) is 8.93. The van der Waals surface area contributed by atoms with Crippen LogP contribution in [0.3, 0.4) is 0 Å². The van der Waals surface area contributed by atoms with Gasteiger partial charge in [-0.05, 0) is 34.1 Å². The van der Waals surface area contributed by atoms with Crippen LogP contribution in [0.2, 0.25) is 0 Å². The van der Waals surface area contributed by atoms with E-state index >= 15 is 0 Å². The number of benzene rings is 1. The topological polar surface area (TPSA) is 97.7 Å². The lowest BCUT2D eigenvalue weighted by atomic mass is 10.2. The van der Waals surface area contributed by atoms with Gasteiger partial charge in [0.1, 0.15) is 16.3 Å². The molecule has 0 aliphatic carbocycles. The van der Waals surface area contributed by atoms with Crippen LogP contribution in [0.5, 0.6) is 0 Å². The molecule has 0 atom stereocenters. The van der Waals surface area contributed by atoms with Crippen molar-refractivity contribution in [2.75, 3.05) is 5.75 Å². The standard InChI is InChI=1S/C19H14BrF3N4O3S/c1-3-31(29,30)17-15(25-10-6-4-5-9(20)14(10)16(17)28)18-26-11-7-13(19(21,22)23)24-8-12(11)27(18)2/h4-8H,3H2,1-2H3,(H,25,28). The monoisotopic (exact) mass is 514 g/mol. The molecule has 12 heteroatoms. The normalized spacial score (nSPS) is 12.7. The van der Waals surface area contributed by atoms with E-state index in [1.165, 1.54) is 18.5 Å². The Bertz CT molecular complexity index is 1520. The number of halogens is 4. The van der Waals surface area contributed by atoms with Crippen molar-refractivity contribution in [2.45, 2.75) is 18.0 Å². The summed E-state index contributed by atoms with van der Waals surface area (Å²) in [6, 6.07) is 5.65. The van der Waals surface area contributed by atoms with E-state index in [2.05, 4.69) is 30.9 Å². The molecule has 0 fully saturated rings. The highest BCUT2D eigenvalue weighted by Crippen LogP contribution is 2.33. The second kappa shape index (κ2) is 7.16. The Kier molecular flexibility index (Phi) is 4.97. The van der Waals surface area contributed by atoms with Crippen LogP contribution in [0.25, 0.3) is 33.5 Å². The van der Waals surface area contributed by atoms with E-state index in [4.69, 9.17) is 0 Å². The van der Waals surface area contributed by atoms with Crippen molar-refractivity contribution < 1.29 is 21.6 Å². The van der Waals surface area contributed by atoms with E-state index in [-0.39, 0.29) is 33.7 Å². The van der Waals surface area contributed by atoms with Gasteiger partial charge in [0.2, 0.25) is 5.43 Å². The van der Waals surface area contributed by atoms with Crippen molar-refractivity contribution in [1.29, 1.82) is 0 Å². The zero-order chi connectivity index (χ0) is 22.7. The summed E-state index contributed by atoms with van der Waals surface area (Å²) in [5.41, 5.74) is -1.37. The molecule has 0 spiro atoms. The maximum atomic E-state index is 13.2. The molecule has 0 amide bonds. The lowest BCUT2D eigenvalue weighted by Crippen LogP contribution is -2.20. The van der Waals surface area contributed by atoms with Gasteiger partial charge in [-0.1, -0.05) is 13.0 Å². The van der Waals surface area contributed by atoms with Crippen molar-refractivity contribution in [3.05, 3.63) is 50.9 Å². The SMILES string of the molecule is CCS(=O)(=O)c1c(-c2nc3cc(C(F)(F)F)ncc3n2C)[nH]c2cccc(Br)c2c1=O. The van der Waals surface area contributed by atoms with E-state index in [1.807, 2.05) is 0 Å². The lowest BCUT2D eigenvalue weighted by molar-refractivity contribution is -0.141. The summed E-state index contributed by atoms with van der Waals surface area (Å²) in [6.45, 7) is 1.40. The molecule has 3 heterocycles. The van der Waals surface area contributed by atoms with Gasteiger partial charge >= 0.3 is 6.18 Å². The number of rotatable bonds is 3. The Morgan fingerprint density at radius 2 is 1.97 bits per heavy atom. The molecule has 0 saturated carbocycles. The lowest BCUT2D eigenvalue weighted by Gasteiger charge is -2.12. The Balaban J connectivity index is 2.13. The fourth-order valence-corrected chi connectivity index (χ4v) is 5.02. The van der Waals surface area contributed by atoms with Crippen LogP contribution in [-0.2, 0) is 23.1 Å². The van der Waals surface area contributed by atoms with Gasteiger partial charge in [0.25, 0.3) is 0 Å². The first kappa shape index (κ1) is 21.5. The molecular weight excluding hydrogens is 501 g/mol. The zero-order valence-electron chi connectivity index (χ0n) is 16.1. The Morgan fingerprint density at radius 1 is 1.26 bits per heavy atom. The molecule has 7 nitrogen and oxygen atoms in total. The molecule has 0 bridgehead atoms. The highest BCUT2D eigenvalue weighted by Gasteiger charge is 2.33. The van der Waals surface area contributed by atoms with Crippen LogP contribution in [0.1, 0.15) is 12.6 Å². The number of pyridine rings is 2. The van der Waals surface area contributed by atoms with Gasteiger partial charge in [0.15, 0.2) is 15.7 Å². The van der Waals surface area contributed by atoms with Crippen molar-refractivity contribution in [3.8, 4) is 11.5 Å². The van der Waals surface area contributed by atoms with Crippen LogP contribution in [0, 0.1) is 0 Å². The van der Waals surface area contributed by atoms with Gasteiger partial charge in [0, 0.05) is 11.5 Å². The molecule has 4 rings (SSSR count). The molecule has 4 aromatic rings. The molecule has 3 aromatic heterocycles. The number of alkyl halides is 3. The van der Waals surface area contributed by atoms with Gasteiger partial charge in [-0.3, -0.25) is 4.79 Å². The summed E-state index contributed by atoms with van der Waals surface area (Å²) >= 11 is 3.27. The fraction of sp³-hybridized carbons (Fsp3) is 0.211. The van der Waals surface area contributed by atoms with Crippen LogP contribution >= 0.6 is 15.9 Å². The van der Waals surface area contributed by atoms with Gasteiger partial charge in [-0.15, -0.1) is 0 Å². The predicted molar refractivity (Wildman–Crippen MR) is 113 cm³/mol. The van der Waals surface area contributed by atoms with Crippen molar-refractivity contribution in [3.63, 3.8) is 0 Å². The van der Waals surface area contributed by atoms with Crippen LogP contribution in [0.15, 0.2) is 44.6 Å². The van der Waals surface area contributed by atoms with Crippen molar-refractivity contribution >= 4 is 47.7 Å². The quantitative estimate of drug-likeness (QED) is 0.444. The van der Waals surface area contributed by atoms with Crippen LogP contribution in [0.4, 0.5) is 13.2 Å². The molecule has 0 saturated heterocycles. The molecule has 1 aromatic carbocycles. The minimum absolute atomic E-state index is 0.00197. The van der Waals surface area contributed by atoms with Gasteiger partial charge in [0.05, 0.1) is 33.9 Å². The Hall–Kier alpha value is -2.73. The van der Waals surface area contributed by atoms with Crippen molar-refractivity contribution in [2.24, 2.45) is 7.05 Å². The number of hydrogen-bond donors (Lipinski definition) is 1. The molecule has 0 aliphatic rings. The maximum absolute atomic E-state index is 13.2. The van der Waals surface area contributed by atoms with Crippen molar-refractivity contribution in [1.82, 2.24) is 19.5 Å². The minimum atomic E-state index is -4.66. The number of nitrogens with one attached hydrogen (secondary N) is 1. The van der Waals surface area contributed by atoms with E-state index in [0.29, 0.717) is 9.99 Å². The molecule has 0 unspecified atom stereocenters. The Morgan fingerprint density at radius 3 is 2.61 bits per heavy atom. The number of imidazole rings is 1. The summed E-state index contributed by atoms with van der Waals surface area (Å²) in [4.78, 5) is 23.3. The van der Waals surface area contributed by atoms with E-state index in [1.54, 1.807) is 18.2 Å². The molecular formula is C19H14BrF3N4O3S. The predicted octanol–water partition coefficient (Wildman–Crippen LogP) is 4.05. The summed E-state index contributed by atoms with van der Waals surface area (Å²) in [7, 11) is -2.51. The number of aromatic amines is 1. The maximum Gasteiger partial charge on any atom is 0.433 e. The first-order chi connectivity index (χ1) is 14.5. The van der Waals surface area contributed by atoms with Gasteiger partial charge in [-0.2, -0.15) is 13.2 Å². The largest absolute Gasteiger partial charge is 0.433 e. The zero-order valence-corrected chi connectivity index (χ0v) is 18.5. The summed E-state index contributed by atoms with van der Waals surface area (Å²) in [5, 5.41) is 0.151. The molecule has 0 radical (unpaired) electrons. The number of aryl methyl sites for hydroxylation is 1. The fourth-order valence-electron chi connectivity index (χ4n) is 3.34. The minimum Gasteiger partial charge on any atom is -0.351 e. The number of fused-ring (bicyclic) bond motifs is 2. The smallest absolute Gasteiger partial charge is 0.351 e. The summed E-state index contributed by atoms with van der Waals surface area (Å²) < 4.78 is 66.7. The average Bonchev–Trinajstić information content (AvgIpc) is 3.03. The van der Waals surface area contributed by atoms with Gasteiger partial charge < -0.3 is 9.55 Å². The number of hydrogen-bond acceptors (Lipinski definition) is 5. The van der Waals surface area contributed by atoms with E-state index in [9.17, 15) is 26.4 Å². The third-order valence-corrected chi connectivity index (χ3v) is 7.34. The van der Waals surface area contributed by atoms with E-state index in [0.717, 1.165) is 12.3 Å². The van der Waals surface area contributed by atoms with E-state index < -0.39 is 32.0 Å². The third kappa shape index (κ3) is 3.43. The highest BCUT2D eigenvalue weighted by atomic mass is 79.9. The number of H-pyrrole nitrogens is 1. The third-order valence-electron chi connectivity index (χ3n) is 4.91. The first-order valence-corrected chi connectivity index (χ1v) is 11.4. The second-order valence-corrected chi connectivity index (χ2v) is 9.84. The van der Waals surface area contributed by atoms with Crippen LogP contribution < -0.4 is 5.43 Å². The second-order valence-electron chi connectivity index (χ2n) is 6.77. The number of nitrogens with zero attached hydrogens (tertiary/aromatic N) is 3. The average molecular weight is 515 g/mol. The molecule has 162 valence electrons. The summed E-state index contributed by atoms with van der Waals surface area (Å²) in [6.07, 6.45) is -3.65. The molecule has 0 aliphatic heterocycles. The summed E-state index contributed by atoms with van der Waals surface area (Å²) in [5.74, 6) is -0.343. The number of sulfone groups is 1. The highest BCUT2D eigenvalue weighted by molar-refractivity contribution is 9.10. The molecule has 1 N–H and O–H groups in total.